The summed E-state index contributed by atoms with van der Waals surface area (Å²) in [5, 5.41) is 12.8. The molecule has 0 aliphatic heterocycles. The molecule has 5 heteroatoms. The largest absolute Gasteiger partial charge is 0.394 e. The molecule has 3 nitrogen and oxygen atoms in total. The number of rotatable bonds is 5. The first-order valence-corrected chi connectivity index (χ1v) is 7.48. The summed E-state index contributed by atoms with van der Waals surface area (Å²) in [7, 11) is 0. The summed E-state index contributed by atoms with van der Waals surface area (Å²) in [6.07, 6.45) is 1.29. The molecule has 0 atom stereocenters. The van der Waals surface area contributed by atoms with E-state index in [1.54, 1.807) is 18.2 Å². The van der Waals surface area contributed by atoms with Crippen LogP contribution in [-0.4, -0.2) is 23.2 Å². The van der Waals surface area contributed by atoms with Gasteiger partial charge in [-0.25, -0.2) is 4.39 Å². The van der Waals surface area contributed by atoms with Crippen LogP contribution in [0, 0.1) is 5.82 Å². The second-order valence-electron chi connectivity index (χ2n) is 4.86. The van der Waals surface area contributed by atoms with Crippen molar-refractivity contribution in [3.8, 4) is 0 Å². The Morgan fingerprint density at radius 2 is 2.10 bits per heavy atom. The Morgan fingerprint density at radius 1 is 1.40 bits per heavy atom. The van der Waals surface area contributed by atoms with E-state index < -0.39 is 5.54 Å². The SMILES string of the molecule is CCC(CC)(CO)NC(=O)c1cc2c(F)cccc2s1. The van der Waals surface area contributed by atoms with Gasteiger partial charge >= 0.3 is 0 Å². The fourth-order valence-corrected chi connectivity index (χ4v) is 3.10. The van der Waals surface area contributed by atoms with Gasteiger partial charge in [-0.3, -0.25) is 4.79 Å². The smallest absolute Gasteiger partial charge is 0.261 e. The van der Waals surface area contributed by atoms with Crippen LogP contribution in [0.2, 0.25) is 0 Å². The molecular formula is C15H18FNO2S. The first-order valence-electron chi connectivity index (χ1n) is 6.66. The fraction of sp³-hybridized carbons (Fsp3) is 0.400. The van der Waals surface area contributed by atoms with Crippen LogP contribution < -0.4 is 5.32 Å². The van der Waals surface area contributed by atoms with E-state index in [2.05, 4.69) is 5.32 Å². The van der Waals surface area contributed by atoms with Gasteiger partial charge in [0.05, 0.1) is 17.0 Å². The molecule has 1 heterocycles. The maximum absolute atomic E-state index is 13.6. The van der Waals surface area contributed by atoms with E-state index in [4.69, 9.17) is 0 Å². The summed E-state index contributed by atoms with van der Waals surface area (Å²) in [4.78, 5) is 12.7. The van der Waals surface area contributed by atoms with Gasteiger partial charge in [0, 0.05) is 10.1 Å². The van der Waals surface area contributed by atoms with Crippen molar-refractivity contribution in [2.24, 2.45) is 0 Å². The molecule has 0 aliphatic carbocycles. The van der Waals surface area contributed by atoms with E-state index >= 15 is 0 Å². The van der Waals surface area contributed by atoms with Crippen molar-refractivity contribution in [2.45, 2.75) is 32.2 Å². The molecule has 0 saturated heterocycles. The molecule has 1 aromatic carbocycles. The quantitative estimate of drug-likeness (QED) is 0.889. The molecule has 1 amide bonds. The number of nitrogens with one attached hydrogen (secondary N) is 1. The van der Waals surface area contributed by atoms with E-state index in [1.807, 2.05) is 13.8 Å². The van der Waals surface area contributed by atoms with E-state index in [0.717, 1.165) is 4.70 Å². The highest BCUT2D eigenvalue weighted by molar-refractivity contribution is 7.20. The summed E-state index contributed by atoms with van der Waals surface area (Å²) >= 11 is 1.26. The summed E-state index contributed by atoms with van der Waals surface area (Å²) < 4.78 is 14.4. The zero-order valence-corrected chi connectivity index (χ0v) is 12.4. The standard InChI is InChI=1S/C15H18FNO2S/c1-3-15(4-2,9-18)17-14(19)13-8-10-11(16)6-5-7-12(10)20-13/h5-8,18H,3-4,9H2,1-2H3,(H,17,19). The summed E-state index contributed by atoms with van der Waals surface area (Å²) in [5.74, 6) is -0.583. The lowest BCUT2D eigenvalue weighted by Gasteiger charge is -2.30. The Morgan fingerprint density at radius 3 is 2.65 bits per heavy atom. The lowest BCUT2D eigenvalue weighted by atomic mass is 9.94. The van der Waals surface area contributed by atoms with E-state index in [0.29, 0.717) is 23.1 Å². The monoisotopic (exact) mass is 295 g/mol. The third kappa shape index (κ3) is 2.69. The Hall–Kier alpha value is -1.46. The van der Waals surface area contributed by atoms with E-state index in [1.165, 1.54) is 17.4 Å². The van der Waals surface area contributed by atoms with Gasteiger partial charge < -0.3 is 10.4 Å². The van der Waals surface area contributed by atoms with Crippen LogP contribution in [0.1, 0.15) is 36.4 Å². The zero-order chi connectivity index (χ0) is 14.8. The van der Waals surface area contributed by atoms with Gasteiger partial charge in [0.15, 0.2) is 0 Å². The van der Waals surface area contributed by atoms with Crippen molar-refractivity contribution in [1.29, 1.82) is 0 Å². The third-order valence-electron chi connectivity index (χ3n) is 3.77. The Bertz CT molecular complexity index is 611. The predicted molar refractivity (Wildman–Crippen MR) is 79.6 cm³/mol. The minimum absolute atomic E-state index is 0.106. The maximum atomic E-state index is 13.6. The highest BCUT2D eigenvalue weighted by Gasteiger charge is 2.28. The molecule has 0 aliphatic rings. The number of fused-ring (bicyclic) bond motifs is 1. The average molecular weight is 295 g/mol. The molecule has 0 radical (unpaired) electrons. The summed E-state index contributed by atoms with van der Waals surface area (Å²) in [6.45, 7) is 3.74. The van der Waals surface area contributed by atoms with Crippen LogP contribution >= 0.6 is 11.3 Å². The Labute approximate surface area is 121 Å². The second kappa shape index (κ2) is 5.89. The second-order valence-corrected chi connectivity index (χ2v) is 5.95. The van der Waals surface area contributed by atoms with Crippen LogP contribution in [0.15, 0.2) is 24.3 Å². The Kier molecular flexibility index (Phi) is 4.40. The molecular weight excluding hydrogens is 277 g/mol. The van der Waals surface area contributed by atoms with E-state index in [9.17, 15) is 14.3 Å². The molecule has 2 N–H and O–H groups in total. The molecule has 0 fully saturated rings. The Balaban J connectivity index is 2.30. The number of aliphatic hydroxyl groups is 1. The highest BCUT2D eigenvalue weighted by atomic mass is 32.1. The molecule has 1 aromatic heterocycles. The van der Waals surface area contributed by atoms with Crippen molar-refractivity contribution in [1.82, 2.24) is 5.32 Å². The number of hydrogen-bond acceptors (Lipinski definition) is 3. The number of amides is 1. The number of thiophene rings is 1. The van der Waals surface area contributed by atoms with Gasteiger partial charge in [-0.1, -0.05) is 19.9 Å². The van der Waals surface area contributed by atoms with Crippen LogP contribution in [0.5, 0.6) is 0 Å². The number of carbonyl (C=O) groups is 1. The van der Waals surface area contributed by atoms with Crippen LogP contribution in [-0.2, 0) is 0 Å². The van der Waals surface area contributed by atoms with Crippen molar-refractivity contribution < 1.29 is 14.3 Å². The van der Waals surface area contributed by atoms with Gasteiger partial charge in [-0.15, -0.1) is 11.3 Å². The highest BCUT2D eigenvalue weighted by Crippen LogP contribution is 2.28. The number of carbonyl (C=O) groups excluding carboxylic acids is 1. The number of benzene rings is 1. The zero-order valence-electron chi connectivity index (χ0n) is 11.6. The van der Waals surface area contributed by atoms with Gasteiger partial charge in [0.1, 0.15) is 5.82 Å². The molecule has 0 unspecified atom stereocenters. The number of halogens is 1. The molecule has 0 saturated carbocycles. The number of aliphatic hydroxyl groups excluding tert-OH is 1. The van der Waals surface area contributed by atoms with Gasteiger partial charge in [0.2, 0.25) is 0 Å². The molecule has 0 bridgehead atoms. The van der Waals surface area contributed by atoms with Crippen LogP contribution in [0.25, 0.3) is 10.1 Å². The van der Waals surface area contributed by atoms with Gasteiger partial charge in [0.25, 0.3) is 5.91 Å². The van der Waals surface area contributed by atoms with Crippen molar-refractivity contribution in [3.63, 3.8) is 0 Å². The molecule has 0 spiro atoms. The fourth-order valence-electron chi connectivity index (χ4n) is 2.13. The van der Waals surface area contributed by atoms with Gasteiger partial charge in [-0.2, -0.15) is 0 Å². The lowest BCUT2D eigenvalue weighted by molar-refractivity contribution is 0.0822. The van der Waals surface area contributed by atoms with Crippen molar-refractivity contribution >= 4 is 27.3 Å². The van der Waals surface area contributed by atoms with Crippen LogP contribution in [0.4, 0.5) is 4.39 Å². The first kappa shape index (κ1) is 14.9. The molecule has 2 rings (SSSR count). The summed E-state index contributed by atoms with van der Waals surface area (Å²) in [5.41, 5.74) is -0.605. The topological polar surface area (TPSA) is 49.3 Å². The lowest BCUT2D eigenvalue weighted by Crippen LogP contribution is -2.50. The van der Waals surface area contributed by atoms with Crippen LogP contribution in [0.3, 0.4) is 0 Å². The minimum Gasteiger partial charge on any atom is -0.394 e. The summed E-state index contributed by atoms with van der Waals surface area (Å²) in [6, 6.07) is 6.37. The third-order valence-corrected chi connectivity index (χ3v) is 4.87. The minimum atomic E-state index is -0.605. The average Bonchev–Trinajstić information content (AvgIpc) is 2.90. The maximum Gasteiger partial charge on any atom is 0.261 e. The van der Waals surface area contributed by atoms with Crippen molar-refractivity contribution in [3.05, 3.63) is 35.0 Å². The first-order chi connectivity index (χ1) is 9.55. The van der Waals surface area contributed by atoms with E-state index in [-0.39, 0.29) is 18.3 Å². The molecule has 20 heavy (non-hydrogen) atoms. The van der Waals surface area contributed by atoms with Gasteiger partial charge in [-0.05, 0) is 31.0 Å². The molecule has 2 aromatic rings. The van der Waals surface area contributed by atoms with Crippen molar-refractivity contribution in [2.75, 3.05) is 6.61 Å². The number of hydrogen-bond donors (Lipinski definition) is 2. The normalized spacial score (nSPS) is 11.8. The molecule has 108 valence electrons. The predicted octanol–water partition coefficient (Wildman–Crippen LogP) is 3.32.